The van der Waals surface area contributed by atoms with E-state index in [1.54, 1.807) is 4.80 Å². The monoisotopic (exact) mass is 495 g/mol. The molecule has 1 atom stereocenters. The largest absolute Gasteiger partial charge is 0.505 e. The molecule has 0 saturated heterocycles. The van der Waals surface area contributed by atoms with E-state index in [9.17, 15) is 5.11 Å². The van der Waals surface area contributed by atoms with Crippen LogP contribution in [-0.2, 0) is 11.8 Å². The first-order chi connectivity index (χ1) is 16.7. The van der Waals surface area contributed by atoms with E-state index in [2.05, 4.69) is 56.9 Å². The third-order valence-electron chi connectivity index (χ3n) is 6.64. The fourth-order valence-corrected chi connectivity index (χ4v) is 5.96. The van der Waals surface area contributed by atoms with Crippen LogP contribution in [0.1, 0.15) is 95.8 Å². The third kappa shape index (κ3) is 7.93. The Bertz CT molecular complexity index is 1130. The second kappa shape index (κ2) is 12.7. The topological polar surface area (TPSA) is 50.9 Å². The van der Waals surface area contributed by atoms with Gasteiger partial charge in [-0.3, -0.25) is 0 Å². The van der Waals surface area contributed by atoms with Gasteiger partial charge < -0.3 is 5.11 Å². The molecule has 3 aromatic rings. The average Bonchev–Trinajstić information content (AvgIpc) is 3.22. The zero-order valence-electron chi connectivity index (χ0n) is 22.6. The molecule has 3 rings (SSSR count). The van der Waals surface area contributed by atoms with Gasteiger partial charge in [0.25, 0.3) is 0 Å². The predicted octanol–water partition coefficient (Wildman–Crippen LogP) is 8.12. The highest BCUT2D eigenvalue weighted by Crippen LogP contribution is 2.36. The molecule has 0 aliphatic rings. The van der Waals surface area contributed by atoms with Crippen LogP contribution in [0.15, 0.2) is 30.3 Å². The van der Waals surface area contributed by atoms with Crippen LogP contribution in [0, 0.1) is 6.92 Å². The van der Waals surface area contributed by atoms with Crippen molar-refractivity contribution in [3.63, 3.8) is 0 Å². The minimum Gasteiger partial charge on any atom is -0.505 e. The van der Waals surface area contributed by atoms with Crippen LogP contribution < -0.4 is 0 Å². The average molecular weight is 496 g/mol. The molecule has 0 radical (unpaired) electrons. The molecule has 0 saturated carbocycles. The first kappa shape index (κ1) is 27.4. The van der Waals surface area contributed by atoms with Crippen molar-refractivity contribution in [2.24, 2.45) is 0 Å². The normalized spacial score (nSPS) is 12.9. The van der Waals surface area contributed by atoms with E-state index in [0.29, 0.717) is 16.2 Å². The van der Waals surface area contributed by atoms with Crippen LogP contribution in [0.3, 0.4) is 0 Å². The number of fused-ring (bicyclic) bond motifs is 1. The molecule has 0 aliphatic carbocycles. The van der Waals surface area contributed by atoms with Gasteiger partial charge >= 0.3 is 0 Å². The molecule has 1 aromatic heterocycles. The van der Waals surface area contributed by atoms with Gasteiger partial charge in [0.05, 0.1) is 0 Å². The summed E-state index contributed by atoms with van der Waals surface area (Å²) in [6.45, 7) is 10.6. The first-order valence-electron chi connectivity index (χ1n) is 13.4. The molecule has 1 unspecified atom stereocenters. The molecule has 35 heavy (non-hydrogen) atoms. The van der Waals surface area contributed by atoms with Crippen molar-refractivity contribution in [2.75, 3.05) is 11.5 Å². The van der Waals surface area contributed by atoms with E-state index in [-0.39, 0.29) is 11.2 Å². The number of phenolic OH excluding ortho intramolecular Hbond substituents is 1. The van der Waals surface area contributed by atoms with Crippen LogP contribution in [0.4, 0.5) is 0 Å². The lowest BCUT2D eigenvalue weighted by molar-refractivity contribution is 0.440. The maximum Gasteiger partial charge on any atom is 0.146 e. The van der Waals surface area contributed by atoms with Crippen molar-refractivity contribution in [3.8, 4) is 11.4 Å². The second-order valence-electron chi connectivity index (χ2n) is 11.0. The maximum atomic E-state index is 11.0. The molecular weight excluding hydrogens is 450 g/mol. The molecule has 1 heterocycles. The van der Waals surface area contributed by atoms with Gasteiger partial charge in [0.15, 0.2) is 0 Å². The van der Waals surface area contributed by atoms with Crippen LogP contribution in [0.5, 0.6) is 5.75 Å². The lowest BCUT2D eigenvalue weighted by Gasteiger charge is -2.22. The number of benzene rings is 2. The summed E-state index contributed by atoms with van der Waals surface area (Å²) >= 11 is 0. The fourth-order valence-electron chi connectivity index (χ4n) is 4.53. The highest BCUT2D eigenvalue weighted by molar-refractivity contribution is 8.14. The summed E-state index contributed by atoms with van der Waals surface area (Å²) in [5, 5.41) is 20.3. The van der Waals surface area contributed by atoms with Gasteiger partial charge in [0.1, 0.15) is 22.5 Å². The summed E-state index contributed by atoms with van der Waals surface area (Å²) in [7, 11) is 0.360. The number of hydrogen-bond acceptors (Lipinski definition) is 3. The van der Waals surface area contributed by atoms with Crippen LogP contribution >= 0.6 is 10.5 Å². The number of aromatic hydroxyl groups is 1. The molecule has 0 aliphatic heterocycles. The lowest BCUT2D eigenvalue weighted by atomic mass is 9.85. The van der Waals surface area contributed by atoms with Crippen molar-refractivity contribution < 1.29 is 5.11 Å². The maximum absolute atomic E-state index is 11.0. The number of phenols is 1. The number of nitrogens with zero attached hydrogens (tertiary/aromatic N) is 3. The standard InChI is InChI=1S/C30H45N3OS/c1-7-8-9-13-18-35(6)19-14-11-10-12-15-24-16-17-26-27(22-24)32-33(31-26)28-21-23(2)20-25(29(28)34)30(3,4)5/h16-17,20-22,34H,6-15,18-19H2,1-5H3. The van der Waals surface area contributed by atoms with Crippen LogP contribution in [-0.4, -0.2) is 37.5 Å². The highest BCUT2D eigenvalue weighted by atomic mass is 32.2. The predicted molar refractivity (Wildman–Crippen MR) is 155 cm³/mol. The van der Waals surface area contributed by atoms with E-state index in [1.165, 1.54) is 68.4 Å². The van der Waals surface area contributed by atoms with E-state index >= 15 is 0 Å². The van der Waals surface area contributed by atoms with Gasteiger partial charge in [-0.15, -0.1) is 15.0 Å². The third-order valence-corrected chi connectivity index (χ3v) is 8.37. The molecule has 0 amide bonds. The Balaban J connectivity index is 1.54. The number of rotatable bonds is 13. The Morgan fingerprint density at radius 3 is 2.23 bits per heavy atom. The Morgan fingerprint density at radius 1 is 0.886 bits per heavy atom. The summed E-state index contributed by atoms with van der Waals surface area (Å²) in [6, 6.07) is 10.4. The Morgan fingerprint density at radius 2 is 1.54 bits per heavy atom. The molecule has 2 aromatic carbocycles. The summed E-state index contributed by atoms with van der Waals surface area (Å²) in [5.74, 6) is 7.25. The van der Waals surface area contributed by atoms with Crippen LogP contribution in [0.25, 0.3) is 16.7 Å². The zero-order chi connectivity index (χ0) is 25.4. The van der Waals surface area contributed by atoms with E-state index in [0.717, 1.165) is 28.6 Å². The molecule has 0 fully saturated rings. The van der Waals surface area contributed by atoms with Crippen molar-refractivity contribution in [2.45, 2.75) is 97.8 Å². The molecule has 192 valence electrons. The van der Waals surface area contributed by atoms with Gasteiger partial charge in [-0.05, 0) is 78.9 Å². The molecular formula is C30H45N3OS. The number of hydrogen-bond donors (Lipinski definition) is 1. The Labute approximate surface area is 215 Å². The summed E-state index contributed by atoms with van der Waals surface area (Å²) in [4.78, 5) is 1.59. The number of unbranched alkanes of at least 4 members (excludes halogenated alkanes) is 6. The Kier molecular flexibility index (Phi) is 9.97. The molecule has 0 spiro atoms. The Hall–Kier alpha value is -2.14. The lowest BCUT2D eigenvalue weighted by Crippen LogP contribution is -2.13. The fraction of sp³-hybridized carbons (Fsp3) is 0.567. The smallest absolute Gasteiger partial charge is 0.146 e. The van der Waals surface area contributed by atoms with Crippen molar-refractivity contribution in [3.05, 3.63) is 47.0 Å². The quantitative estimate of drug-likeness (QED) is 0.192. The summed E-state index contributed by atoms with van der Waals surface area (Å²) < 4.78 is 0. The number of aromatic nitrogens is 3. The molecule has 5 heteroatoms. The number of aryl methyl sites for hydroxylation is 2. The SMILES string of the molecule is C=S(CCCCCC)CCCCCCc1ccc2nn(-c3cc(C)cc(C(C)(C)C)c3O)nc2c1. The second-order valence-corrected chi connectivity index (χ2v) is 13.0. The zero-order valence-corrected chi connectivity index (χ0v) is 23.4. The van der Waals surface area contributed by atoms with Crippen molar-refractivity contribution in [1.29, 1.82) is 0 Å². The van der Waals surface area contributed by atoms with E-state index in [1.807, 2.05) is 19.1 Å². The minimum atomic E-state index is -0.159. The van der Waals surface area contributed by atoms with Gasteiger partial charge in [0.2, 0.25) is 0 Å². The van der Waals surface area contributed by atoms with Gasteiger partial charge in [-0.2, -0.15) is 10.5 Å². The van der Waals surface area contributed by atoms with Crippen LogP contribution in [0.2, 0.25) is 0 Å². The molecule has 0 bridgehead atoms. The van der Waals surface area contributed by atoms with Gasteiger partial charge in [-0.25, -0.2) is 0 Å². The van der Waals surface area contributed by atoms with Gasteiger partial charge in [-0.1, -0.05) is 77.8 Å². The van der Waals surface area contributed by atoms with Crippen molar-refractivity contribution in [1.82, 2.24) is 15.0 Å². The molecule has 4 nitrogen and oxygen atoms in total. The summed E-state index contributed by atoms with van der Waals surface area (Å²) in [5.41, 5.74) is 5.53. The van der Waals surface area contributed by atoms with Crippen molar-refractivity contribution >= 4 is 27.4 Å². The first-order valence-corrected chi connectivity index (χ1v) is 15.1. The van der Waals surface area contributed by atoms with Gasteiger partial charge in [0, 0.05) is 5.56 Å². The highest BCUT2D eigenvalue weighted by Gasteiger charge is 2.22. The summed E-state index contributed by atoms with van der Waals surface area (Å²) in [6.07, 6.45) is 11.6. The molecule has 1 N–H and O–H groups in total. The minimum absolute atomic E-state index is 0.159. The van der Waals surface area contributed by atoms with E-state index in [4.69, 9.17) is 5.10 Å². The van der Waals surface area contributed by atoms with E-state index < -0.39 is 0 Å².